The van der Waals surface area contributed by atoms with Crippen LogP contribution in [0.25, 0.3) is 0 Å². The van der Waals surface area contributed by atoms with E-state index in [1.807, 2.05) is 18.2 Å². The van der Waals surface area contributed by atoms with Gasteiger partial charge in [0.2, 0.25) is 6.79 Å². The minimum absolute atomic E-state index is 0.0226. The van der Waals surface area contributed by atoms with Crippen molar-refractivity contribution in [3.63, 3.8) is 0 Å². The number of carbonyl (C=O) groups excluding carboxylic acids is 5. The zero-order chi connectivity index (χ0) is 34.6. The molecule has 0 radical (unpaired) electrons. The van der Waals surface area contributed by atoms with Crippen molar-refractivity contribution in [1.29, 1.82) is 0 Å². The SMILES string of the molecule is COc1ccnc(C(=O)N[C@H]2COC(=O)[C@H](Cc3ccccc3)[C@@H](OC(=O)C(C)C)[C@H](C)OC2=O)c1OCOC(=O)COC1CCCC1. The largest absolute Gasteiger partial charge is 0.493 e. The van der Waals surface area contributed by atoms with E-state index >= 15 is 0 Å². The van der Waals surface area contributed by atoms with Crippen LogP contribution in [0.1, 0.15) is 62.5 Å². The standard InChI is InChI=1S/C34H42N2O12/c1-20(2)32(39)48-29-21(3)47-34(41)25(17-44-33(40)24(29)16-22-10-6-5-7-11-22)36-31(38)28-30(26(42-4)14-15-35-28)46-19-45-27(37)18-43-23-12-8-9-13-23/h5-7,10-11,14-15,20-21,23-25,29H,8-9,12-13,16-19H2,1-4H3,(H,36,38)/t21-,24+,25-,29-/m0/s1. The number of hydrogen-bond donors (Lipinski definition) is 1. The molecule has 1 saturated heterocycles. The lowest BCUT2D eigenvalue weighted by Crippen LogP contribution is -2.47. The van der Waals surface area contributed by atoms with E-state index in [1.165, 1.54) is 26.3 Å². The molecule has 1 aliphatic carbocycles. The molecule has 2 aliphatic rings. The highest BCUT2D eigenvalue weighted by Gasteiger charge is 2.42. The molecule has 14 nitrogen and oxygen atoms in total. The maximum Gasteiger partial charge on any atom is 0.334 e. The van der Waals surface area contributed by atoms with Gasteiger partial charge < -0.3 is 38.5 Å². The maximum absolute atomic E-state index is 13.5. The minimum atomic E-state index is -1.47. The zero-order valence-corrected chi connectivity index (χ0v) is 27.5. The molecule has 1 amide bonds. The summed E-state index contributed by atoms with van der Waals surface area (Å²) >= 11 is 0. The van der Waals surface area contributed by atoms with Crippen molar-refractivity contribution in [3.8, 4) is 11.5 Å². The van der Waals surface area contributed by atoms with Crippen LogP contribution in [0.2, 0.25) is 0 Å². The van der Waals surface area contributed by atoms with Gasteiger partial charge in [-0.25, -0.2) is 14.6 Å². The van der Waals surface area contributed by atoms with Crippen LogP contribution in [-0.4, -0.2) is 86.2 Å². The van der Waals surface area contributed by atoms with Gasteiger partial charge in [-0.05, 0) is 31.7 Å². The first-order chi connectivity index (χ1) is 23.1. The minimum Gasteiger partial charge on any atom is -0.493 e. The van der Waals surface area contributed by atoms with Crippen LogP contribution < -0.4 is 14.8 Å². The van der Waals surface area contributed by atoms with Crippen LogP contribution in [-0.2, 0) is 49.3 Å². The van der Waals surface area contributed by atoms with Crippen LogP contribution in [0.5, 0.6) is 11.5 Å². The van der Waals surface area contributed by atoms with Crippen LogP contribution in [0.3, 0.4) is 0 Å². The molecule has 4 rings (SSSR count). The highest BCUT2D eigenvalue weighted by atomic mass is 16.7. The van der Waals surface area contributed by atoms with Gasteiger partial charge in [-0.2, -0.15) is 0 Å². The van der Waals surface area contributed by atoms with E-state index in [9.17, 15) is 24.0 Å². The Morgan fingerprint density at radius 1 is 1.04 bits per heavy atom. The Labute approximate surface area is 278 Å². The molecule has 1 aromatic heterocycles. The second kappa shape index (κ2) is 17.4. The van der Waals surface area contributed by atoms with Crippen molar-refractivity contribution in [2.75, 3.05) is 27.1 Å². The van der Waals surface area contributed by atoms with Crippen molar-refractivity contribution in [2.24, 2.45) is 11.8 Å². The van der Waals surface area contributed by atoms with Crippen molar-refractivity contribution < 1.29 is 57.1 Å². The fraction of sp³-hybridized carbons (Fsp3) is 0.529. The van der Waals surface area contributed by atoms with Crippen molar-refractivity contribution in [1.82, 2.24) is 10.3 Å². The summed E-state index contributed by atoms with van der Waals surface area (Å²) in [5.41, 5.74) is 0.474. The molecule has 0 bridgehead atoms. The number of cyclic esters (lactones) is 2. The Balaban J connectivity index is 1.47. The van der Waals surface area contributed by atoms with Crippen molar-refractivity contribution in [2.45, 2.75) is 77.2 Å². The Bertz CT molecular complexity index is 1430. The van der Waals surface area contributed by atoms with E-state index in [2.05, 4.69) is 10.3 Å². The summed E-state index contributed by atoms with van der Waals surface area (Å²) in [7, 11) is 1.34. The number of nitrogens with zero attached hydrogens (tertiary/aromatic N) is 1. The highest BCUT2D eigenvalue weighted by molar-refractivity contribution is 5.98. The molecule has 48 heavy (non-hydrogen) atoms. The third-order valence-electron chi connectivity index (χ3n) is 7.93. The van der Waals surface area contributed by atoms with Crippen LogP contribution in [0, 0.1) is 11.8 Å². The number of nitrogens with one attached hydrogen (secondary N) is 1. The molecule has 4 atom stereocenters. The number of methoxy groups -OCH3 is 1. The van der Waals surface area contributed by atoms with Gasteiger partial charge in [0.05, 0.1) is 19.1 Å². The molecule has 1 N–H and O–H groups in total. The fourth-order valence-electron chi connectivity index (χ4n) is 5.31. The lowest BCUT2D eigenvalue weighted by molar-refractivity contribution is -0.176. The molecular formula is C34H42N2O12. The molecule has 2 fully saturated rings. The average molecular weight is 671 g/mol. The van der Waals surface area contributed by atoms with Gasteiger partial charge in [-0.1, -0.05) is 57.0 Å². The molecule has 14 heteroatoms. The summed E-state index contributed by atoms with van der Waals surface area (Å²) in [5.74, 6) is -5.39. The first-order valence-corrected chi connectivity index (χ1v) is 15.9. The smallest absolute Gasteiger partial charge is 0.334 e. The number of esters is 4. The normalized spacial score (nSPS) is 21.6. The highest BCUT2D eigenvalue weighted by Crippen LogP contribution is 2.30. The second-order valence-corrected chi connectivity index (χ2v) is 11.8. The molecule has 0 unspecified atom stereocenters. The summed E-state index contributed by atoms with van der Waals surface area (Å²) < 4.78 is 38.4. The predicted octanol–water partition coefficient (Wildman–Crippen LogP) is 2.94. The quantitative estimate of drug-likeness (QED) is 0.187. The lowest BCUT2D eigenvalue weighted by atomic mass is 9.91. The number of hydrogen-bond acceptors (Lipinski definition) is 13. The molecular weight excluding hydrogens is 628 g/mol. The molecule has 1 aromatic carbocycles. The molecule has 260 valence electrons. The number of benzene rings is 1. The fourth-order valence-corrected chi connectivity index (χ4v) is 5.31. The number of ether oxygens (including phenoxy) is 7. The predicted molar refractivity (Wildman–Crippen MR) is 167 cm³/mol. The third kappa shape index (κ3) is 9.89. The zero-order valence-electron chi connectivity index (χ0n) is 27.5. The van der Waals surface area contributed by atoms with Crippen LogP contribution >= 0.6 is 0 Å². The topological polar surface area (TPSA) is 175 Å². The summed E-state index contributed by atoms with van der Waals surface area (Å²) in [5, 5.41) is 2.48. The first kappa shape index (κ1) is 36.1. The van der Waals surface area contributed by atoms with Gasteiger partial charge in [0.15, 0.2) is 29.3 Å². The molecule has 2 heterocycles. The second-order valence-electron chi connectivity index (χ2n) is 11.8. The lowest BCUT2D eigenvalue weighted by Gasteiger charge is -2.29. The number of amides is 1. The van der Waals surface area contributed by atoms with Crippen molar-refractivity contribution in [3.05, 3.63) is 53.9 Å². The van der Waals surface area contributed by atoms with Crippen LogP contribution in [0.15, 0.2) is 42.6 Å². The van der Waals surface area contributed by atoms with Crippen molar-refractivity contribution >= 4 is 29.8 Å². The summed E-state index contributed by atoms with van der Waals surface area (Å²) in [6, 6.07) is 9.03. The van der Waals surface area contributed by atoms with E-state index in [0.717, 1.165) is 31.2 Å². The number of aromatic nitrogens is 1. The maximum atomic E-state index is 13.5. The van der Waals surface area contributed by atoms with Gasteiger partial charge in [0.25, 0.3) is 5.91 Å². The monoisotopic (exact) mass is 670 g/mol. The molecule has 1 aliphatic heterocycles. The molecule has 0 spiro atoms. The van der Waals surface area contributed by atoms with Gasteiger partial charge in [-0.15, -0.1) is 0 Å². The van der Waals surface area contributed by atoms with E-state index in [1.54, 1.807) is 26.0 Å². The van der Waals surface area contributed by atoms with E-state index in [-0.39, 0.29) is 36.3 Å². The van der Waals surface area contributed by atoms with Gasteiger partial charge >= 0.3 is 23.9 Å². The summed E-state index contributed by atoms with van der Waals surface area (Å²) in [6.45, 7) is 3.40. The van der Waals surface area contributed by atoms with Gasteiger partial charge in [0, 0.05) is 12.3 Å². The number of carbonyl (C=O) groups is 5. The van der Waals surface area contributed by atoms with E-state index < -0.39 is 73.3 Å². The van der Waals surface area contributed by atoms with Gasteiger partial charge in [-0.3, -0.25) is 14.4 Å². The molecule has 1 saturated carbocycles. The average Bonchev–Trinajstić information content (AvgIpc) is 3.61. The first-order valence-electron chi connectivity index (χ1n) is 15.9. The summed E-state index contributed by atoms with van der Waals surface area (Å²) in [6.07, 6.45) is 3.08. The number of pyridine rings is 1. The Kier molecular flexibility index (Phi) is 13.1. The number of rotatable bonds is 13. The van der Waals surface area contributed by atoms with E-state index in [0.29, 0.717) is 0 Å². The molecule has 2 aromatic rings. The van der Waals surface area contributed by atoms with Gasteiger partial charge in [0.1, 0.15) is 25.2 Å². The van der Waals surface area contributed by atoms with Crippen LogP contribution in [0.4, 0.5) is 0 Å². The van der Waals surface area contributed by atoms with E-state index in [4.69, 9.17) is 33.2 Å². The summed E-state index contributed by atoms with van der Waals surface area (Å²) in [4.78, 5) is 69.2. The Morgan fingerprint density at radius 3 is 2.46 bits per heavy atom. The third-order valence-corrected chi connectivity index (χ3v) is 7.93. The Hall–Kier alpha value is -4.72. The Morgan fingerprint density at radius 2 is 1.77 bits per heavy atom.